The number of rotatable bonds is 2. The van der Waals surface area contributed by atoms with Crippen LogP contribution in [0.5, 0.6) is 0 Å². The standard InChI is InChI=1S/C14H17N5O/c1-12(20)17-6-8-18(9-7-17)13-2-4-14(5-3-13)19-10-15-16-11-19/h2-5,10-11H,6-9H2,1H3. The molecule has 3 rings (SSSR count). The van der Waals surface area contributed by atoms with Crippen LogP contribution in [-0.4, -0.2) is 51.8 Å². The van der Waals surface area contributed by atoms with E-state index < -0.39 is 0 Å². The molecular formula is C14H17N5O. The van der Waals surface area contributed by atoms with Gasteiger partial charge in [-0.25, -0.2) is 0 Å². The van der Waals surface area contributed by atoms with E-state index in [1.54, 1.807) is 19.6 Å². The SMILES string of the molecule is CC(=O)N1CCN(c2ccc(-n3cnnc3)cc2)CC1. The third-order valence-electron chi connectivity index (χ3n) is 3.66. The normalized spacial score (nSPS) is 15.4. The molecule has 2 aromatic rings. The summed E-state index contributed by atoms with van der Waals surface area (Å²) >= 11 is 0. The van der Waals surface area contributed by atoms with Crippen molar-refractivity contribution < 1.29 is 4.79 Å². The number of anilines is 1. The van der Waals surface area contributed by atoms with Crippen LogP contribution in [0.4, 0.5) is 5.69 Å². The first kappa shape index (κ1) is 12.7. The molecule has 1 aromatic heterocycles. The van der Waals surface area contributed by atoms with Crippen LogP contribution < -0.4 is 4.90 Å². The number of nitrogens with zero attached hydrogens (tertiary/aromatic N) is 5. The van der Waals surface area contributed by atoms with Gasteiger partial charge in [0.25, 0.3) is 0 Å². The number of piperazine rings is 1. The van der Waals surface area contributed by atoms with Gasteiger partial charge in [-0.05, 0) is 24.3 Å². The summed E-state index contributed by atoms with van der Waals surface area (Å²) in [6.07, 6.45) is 3.36. The largest absolute Gasteiger partial charge is 0.368 e. The van der Waals surface area contributed by atoms with Crippen molar-refractivity contribution in [1.82, 2.24) is 19.7 Å². The molecule has 0 aliphatic carbocycles. The number of aromatic nitrogens is 3. The Morgan fingerprint density at radius 3 is 2.05 bits per heavy atom. The fourth-order valence-corrected chi connectivity index (χ4v) is 2.45. The lowest BCUT2D eigenvalue weighted by molar-refractivity contribution is -0.129. The van der Waals surface area contributed by atoms with E-state index in [1.165, 1.54) is 5.69 Å². The molecule has 0 atom stereocenters. The zero-order chi connectivity index (χ0) is 13.9. The second-order valence-corrected chi connectivity index (χ2v) is 4.88. The Kier molecular flexibility index (Phi) is 3.37. The monoisotopic (exact) mass is 271 g/mol. The molecule has 2 heterocycles. The van der Waals surface area contributed by atoms with Gasteiger partial charge >= 0.3 is 0 Å². The van der Waals surface area contributed by atoms with Crippen molar-refractivity contribution >= 4 is 11.6 Å². The summed E-state index contributed by atoms with van der Waals surface area (Å²) in [5.74, 6) is 0.160. The second kappa shape index (κ2) is 5.32. The molecule has 0 radical (unpaired) electrons. The quantitative estimate of drug-likeness (QED) is 0.815. The van der Waals surface area contributed by atoms with Crippen LogP contribution in [-0.2, 0) is 4.79 Å². The van der Waals surface area contributed by atoms with Crippen LogP contribution in [0.3, 0.4) is 0 Å². The van der Waals surface area contributed by atoms with Crippen LogP contribution in [0.25, 0.3) is 5.69 Å². The molecule has 104 valence electrons. The maximum atomic E-state index is 11.3. The lowest BCUT2D eigenvalue weighted by Crippen LogP contribution is -2.48. The first-order chi connectivity index (χ1) is 9.74. The van der Waals surface area contributed by atoms with Gasteiger partial charge in [0.15, 0.2) is 0 Å². The smallest absolute Gasteiger partial charge is 0.219 e. The van der Waals surface area contributed by atoms with Gasteiger partial charge in [-0.15, -0.1) is 10.2 Å². The molecule has 1 aliphatic rings. The fourth-order valence-electron chi connectivity index (χ4n) is 2.45. The summed E-state index contributed by atoms with van der Waals surface area (Å²) in [6, 6.07) is 8.30. The molecule has 0 bridgehead atoms. The van der Waals surface area contributed by atoms with Crippen molar-refractivity contribution in [3.63, 3.8) is 0 Å². The minimum absolute atomic E-state index is 0.160. The van der Waals surface area contributed by atoms with Crippen molar-refractivity contribution in [2.45, 2.75) is 6.92 Å². The summed E-state index contributed by atoms with van der Waals surface area (Å²) in [4.78, 5) is 15.5. The van der Waals surface area contributed by atoms with Crippen LogP contribution >= 0.6 is 0 Å². The van der Waals surface area contributed by atoms with Gasteiger partial charge in [-0.2, -0.15) is 0 Å². The molecule has 0 saturated carbocycles. The van der Waals surface area contributed by atoms with E-state index in [9.17, 15) is 4.79 Å². The van der Waals surface area contributed by atoms with Gasteiger partial charge in [-0.3, -0.25) is 9.36 Å². The fraction of sp³-hybridized carbons (Fsp3) is 0.357. The van der Waals surface area contributed by atoms with E-state index in [0.29, 0.717) is 0 Å². The Bertz CT molecular complexity index is 570. The molecule has 0 unspecified atom stereocenters. The molecular weight excluding hydrogens is 254 g/mol. The number of hydrogen-bond acceptors (Lipinski definition) is 4. The van der Waals surface area contributed by atoms with Gasteiger partial charge in [0.2, 0.25) is 5.91 Å². The molecule has 20 heavy (non-hydrogen) atoms. The molecule has 0 spiro atoms. The van der Waals surface area contributed by atoms with Gasteiger partial charge in [0, 0.05) is 44.5 Å². The number of benzene rings is 1. The predicted octanol–water partition coefficient (Wildman–Crippen LogP) is 0.936. The van der Waals surface area contributed by atoms with Crippen molar-refractivity contribution in [2.75, 3.05) is 31.1 Å². The average Bonchev–Trinajstić information content (AvgIpc) is 3.02. The van der Waals surface area contributed by atoms with Gasteiger partial charge < -0.3 is 9.80 Å². The van der Waals surface area contributed by atoms with Gasteiger partial charge in [-0.1, -0.05) is 0 Å². The second-order valence-electron chi connectivity index (χ2n) is 4.88. The third kappa shape index (κ3) is 2.49. The van der Waals surface area contributed by atoms with E-state index in [-0.39, 0.29) is 5.91 Å². The molecule has 1 saturated heterocycles. The lowest BCUT2D eigenvalue weighted by Gasteiger charge is -2.35. The van der Waals surface area contributed by atoms with Crippen molar-refractivity contribution in [1.29, 1.82) is 0 Å². The van der Waals surface area contributed by atoms with E-state index in [4.69, 9.17) is 0 Å². The Hall–Kier alpha value is -2.37. The van der Waals surface area contributed by atoms with Crippen LogP contribution in [0.2, 0.25) is 0 Å². The first-order valence-electron chi connectivity index (χ1n) is 6.69. The van der Waals surface area contributed by atoms with E-state index >= 15 is 0 Å². The van der Waals surface area contributed by atoms with Crippen LogP contribution in [0.1, 0.15) is 6.92 Å². The highest BCUT2D eigenvalue weighted by Crippen LogP contribution is 2.18. The third-order valence-corrected chi connectivity index (χ3v) is 3.66. The summed E-state index contributed by atoms with van der Waals surface area (Å²) in [5, 5.41) is 7.60. The topological polar surface area (TPSA) is 54.3 Å². The summed E-state index contributed by atoms with van der Waals surface area (Å²) in [6.45, 7) is 4.98. The maximum Gasteiger partial charge on any atom is 0.219 e. The van der Waals surface area contributed by atoms with Crippen molar-refractivity contribution in [2.24, 2.45) is 0 Å². The number of carbonyl (C=O) groups excluding carboxylic acids is 1. The molecule has 1 amide bonds. The zero-order valence-electron chi connectivity index (χ0n) is 11.4. The summed E-state index contributed by atoms with van der Waals surface area (Å²) < 4.78 is 1.87. The minimum Gasteiger partial charge on any atom is -0.368 e. The predicted molar refractivity (Wildman–Crippen MR) is 75.8 cm³/mol. The summed E-state index contributed by atoms with van der Waals surface area (Å²) in [5.41, 5.74) is 2.23. The molecule has 1 fully saturated rings. The number of carbonyl (C=O) groups is 1. The Balaban J connectivity index is 1.68. The maximum absolute atomic E-state index is 11.3. The zero-order valence-corrected chi connectivity index (χ0v) is 11.4. The molecule has 1 aromatic carbocycles. The van der Waals surface area contributed by atoms with Crippen LogP contribution in [0, 0.1) is 0 Å². The highest BCUT2D eigenvalue weighted by atomic mass is 16.2. The Labute approximate surface area is 117 Å². The number of hydrogen-bond donors (Lipinski definition) is 0. The van der Waals surface area contributed by atoms with E-state index in [1.807, 2.05) is 9.47 Å². The van der Waals surface area contributed by atoms with Gasteiger partial charge in [0.1, 0.15) is 12.7 Å². The van der Waals surface area contributed by atoms with Crippen molar-refractivity contribution in [3.05, 3.63) is 36.9 Å². The Morgan fingerprint density at radius 2 is 1.50 bits per heavy atom. The van der Waals surface area contributed by atoms with Crippen LogP contribution in [0.15, 0.2) is 36.9 Å². The van der Waals surface area contributed by atoms with E-state index in [2.05, 4.69) is 39.4 Å². The minimum atomic E-state index is 0.160. The van der Waals surface area contributed by atoms with E-state index in [0.717, 1.165) is 31.9 Å². The summed E-state index contributed by atoms with van der Waals surface area (Å²) in [7, 11) is 0. The first-order valence-corrected chi connectivity index (χ1v) is 6.69. The highest BCUT2D eigenvalue weighted by molar-refractivity contribution is 5.73. The average molecular weight is 271 g/mol. The molecule has 1 aliphatic heterocycles. The molecule has 0 N–H and O–H groups in total. The van der Waals surface area contributed by atoms with Crippen molar-refractivity contribution in [3.8, 4) is 5.69 Å². The highest BCUT2D eigenvalue weighted by Gasteiger charge is 2.18. The molecule has 6 heteroatoms. The molecule has 6 nitrogen and oxygen atoms in total. The number of amides is 1. The Morgan fingerprint density at radius 1 is 0.950 bits per heavy atom. The lowest BCUT2D eigenvalue weighted by atomic mass is 10.2. The van der Waals surface area contributed by atoms with Gasteiger partial charge in [0.05, 0.1) is 0 Å².